The molecule has 2 heterocycles. The molecule has 2 rings (SSSR count). The van der Waals surface area contributed by atoms with Crippen LogP contribution in [0.15, 0.2) is 28.1 Å². The van der Waals surface area contributed by atoms with Gasteiger partial charge in [-0.25, -0.2) is 9.78 Å². The summed E-state index contributed by atoms with van der Waals surface area (Å²) in [5, 5.41) is 0. The molecule has 13 heavy (non-hydrogen) atoms. The van der Waals surface area contributed by atoms with Crippen molar-refractivity contribution in [2.75, 3.05) is 0 Å². The number of fused-ring (bicyclic) bond motifs is 1. The standard InChI is InChI=1S/C9H8N2O2.H2/c1-5(2)6-3-7-8(10-4-6)11-9(12)13-7;/h3-4H,1H2,2H3,(H,10,11,12);1H. The van der Waals surface area contributed by atoms with Crippen molar-refractivity contribution in [1.82, 2.24) is 9.97 Å². The van der Waals surface area contributed by atoms with E-state index in [1.807, 2.05) is 6.92 Å². The van der Waals surface area contributed by atoms with Gasteiger partial charge in [0.1, 0.15) is 0 Å². The molecule has 4 heteroatoms. The third-order valence-corrected chi connectivity index (χ3v) is 1.77. The summed E-state index contributed by atoms with van der Waals surface area (Å²) in [6, 6.07) is 1.74. The van der Waals surface area contributed by atoms with Crippen molar-refractivity contribution < 1.29 is 5.84 Å². The number of hydrogen-bond acceptors (Lipinski definition) is 3. The molecule has 0 atom stereocenters. The maximum Gasteiger partial charge on any atom is 0.418 e. The summed E-state index contributed by atoms with van der Waals surface area (Å²) in [5.74, 6) is -0.485. The Kier molecular flexibility index (Phi) is 1.55. The second kappa shape index (κ2) is 2.58. The molecule has 0 aliphatic heterocycles. The van der Waals surface area contributed by atoms with Crippen LogP contribution in [0, 0.1) is 0 Å². The van der Waals surface area contributed by atoms with Crippen molar-refractivity contribution in [3.8, 4) is 0 Å². The Balaban J connectivity index is 0.000000980. The van der Waals surface area contributed by atoms with E-state index < -0.39 is 5.76 Å². The van der Waals surface area contributed by atoms with Gasteiger partial charge in [-0.05, 0) is 24.1 Å². The number of H-pyrrole nitrogens is 1. The number of allylic oxidation sites excluding steroid dienone is 1. The van der Waals surface area contributed by atoms with Crippen LogP contribution >= 0.6 is 0 Å². The molecule has 0 aliphatic rings. The number of nitrogens with zero attached hydrogens (tertiary/aromatic N) is 1. The van der Waals surface area contributed by atoms with Crippen molar-refractivity contribution in [1.29, 1.82) is 0 Å². The summed E-state index contributed by atoms with van der Waals surface area (Å²) in [5.41, 5.74) is 2.69. The minimum atomic E-state index is -0.485. The van der Waals surface area contributed by atoms with Gasteiger partial charge in [0.25, 0.3) is 0 Å². The number of aromatic amines is 1. The van der Waals surface area contributed by atoms with E-state index >= 15 is 0 Å². The van der Waals surface area contributed by atoms with Crippen LogP contribution in [0.5, 0.6) is 0 Å². The third-order valence-electron chi connectivity index (χ3n) is 1.77. The first-order valence-electron chi connectivity index (χ1n) is 3.81. The molecule has 0 saturated carbocycles. The molecule has 68 valence electrons. The van der Waals surface area contributed by atoms with Crippen LogP contribution in [0.25, 0.3) is 16.8 Å². The largest absolute Gasteiger partial charge is 0.418 e. The highest BCUT2D eigenvalue weighted by atomic mass is 16.4. The van der Waals surface area contributed by atoms with Gasteiger partial charge in [0, 0.05) is 7.62 Å². The lowest BCUT2D eigenvalue weighted by molar-refractivity contribution is 0.555. The molecule has 0 fully saturated rings. The highest BCUT2D eigenvalue weighted by Crippen LogP contribution is 2.14. The fraction of sp³-hybridized carbons (Fsp3) is 0.111. The molecule has 0 bridgehead atoms. The van der Waals surface area contributed by atoms with Gasteiger partial charge in [0.2, 0.25) is 0 Å². The summed E-state index contributed by atoms with van der Waals surface area (Å²) in [6.45, 7) is 5.64. The molecule has 2 aromatic rings. The molecule has 0 unspecified atom stereocenters. The highest BCUT2D eigenvalue weighted by molar-refractivity contribution is 5.73. The van der Waals surface area contributed by atoms with Gasteiger partial charge >= 0.3 is 5.76 Å². The monoisotopic (exact) mass is 178 g/mol. The maximum atomic E-state index is 10.8. The molecule has 0 amide bonds. The van der Waals surface area contributed by atoms with E-state index in [0.717, 1.165) is 11.1 Å². The third kappa shape index (κ3) is 1.26. The summed E-state index contributed by atoms with van der Waals surface area (Å²) < 4.78 is 4.84. The zero-order chi connectivity index (χ0) is 9.42. The van der Waals surface area contributed by atoms with Gasteiger partial charge in [0.05, 0.1) is 0 Å². The van der Waals surface area contributed by atoms with Crippen molar-refractivity contribution in [2.24, 2.45) is 0 Å². The van der Waals surface area contributed by atoms with E-state index in [1.165, 1.54) is 0 Å². The zero-order valence-corrected chi connectivity index (χ0v) is 7.13. The van der Waals surface area contributed by atoms with Crippen LogP contribution in [-0.4, -0.2) is 9.97 Å². The van der Waals surface area contributed by atoms with E-state index in [4.69, 9.17) is 4.42 Å². The molecule has 0 spiro atoms. The summed E-state index contributed by atoms with van der Waals surface area (Å²) in [4.78, 5) is 17.3. The molecular formula is C9H10N2O2. The Morgan fingerprint density at radius 3 is 3.23 bits per heavy atom. The average Bonchev–Trinajstić information content (AvgIpc) is 2.42. The second-order valence-electron chi connectivity index (χ2n) is 2.87. The highest BCUT2D eigenvalue weighted by Gasteiger charge is 2.03. The average molecular weight is 178 g/mol. The first-order valence-corrected chi connectivity index (χ1v) is 3.81. The summed E-state index contributed by atoms with van der Waals surface area (Å²) in [7, 11) is 0. The first-order chi connectivity index (χ1) is 6.16. The van der Waals surface area contributed by atoms with Crippen molar-refractivity contribution >= 4 is 16.8 Å². The van der Waals surface area contributed by atoms with Gasteiger partial charge < -0.3 is 4.42 Å². The van der Waals surface area contributed by atoms with Crippen LogP contribution in [0.3, 0.4) is 0 Å². The van der Waals surface area contributed by atoms with E-state index in [9.17, 15) is 4.79 Å². The number of rotatable bonds is 1. The molecule has 0 aromatic carbocycles. The van der Waals surface area contributed by atoms with Crippen molar-refractivity contribution in [2.45, 2.75) is 6.92 Å². The summed E-state index contributed by atoms with van der Waals surface area (Å²) >= 11 is 0. The number of hydrogen-bond donors (Lipinski definition) is 1. The minimum absolute atomic E-state index is 0. The smallest absolute Gasteiger partial charge is 0.406 e. The molecule has 4 nitrogen and oxygen atoms in total. The van der Waals surface area contributed by atoms with E-state index in [2.05, 4.69) is 16.5 Å². The van der Waals surface area contributed by atoms with Crippen molar-refractivity contribution in [3.63, 3.8) is 0 Å². The summed E-state index contributed by atoms with van der Waals surface area (Å²) in [6.07, 6.45) is 1.65. The van der Waals surface area contributed by atoms with Crippen LogP contribution in [0.2, 0.25) is 0 Å². The van der Waals surface area contributed by atoms with E-state index in [-0.39, 0.29) is 1.43 Å². The molecule has 0 aliphatic carbocycles. The molecule has 0 saturated heterocycles. The fourth-order valence-electron chi connectivity index (χ4n) is 1.07. The zero-order valence-electron chi connectivity index (χ0n) is 7.13. The second-order valence-corrected chi connectivity index (χ2v) is 2.87. The van der Waals surface area contributed by atoms with Gasteiger partial charge in [-0.2, -0.15) is 0 Å². The SMILES string of the molecule is C=C(C)c1cnc2[nH]c(=O)oc2c1.[HH]. The molecule has 0 radical (unpaired) electrons. The number of nitrogens with one attached hydrogen (secondary N) is 1. The van der Waals surface area contributed by atoms with E-state index in [0.29, 0.717) is 11.2 Å². The van der Waals surface area contributed by atoms with Crippen LogP contribution in [0.1, 0.15) is 13.9 Å². The lowest BCUT2D eigenvalue weighted by Gasteiger charge is -1.95. The molecule has 2 aromatic heterocycles. The molecular weight excluding hydrogens is 168 g/mol. The predicted molar refractivity (Wildman–Crippen MR) is 51.5 cm³/mol. The predicted octanol–water partition coefficient (Wildman–Crippen LogP) is 1.80. The number of aromatic nitrogens is 2. The lowest BCUT2D eigenvalue weighted by Crippen LogP contribution is -1.93. The van der Waals surface area contributed by atoms with Gasteiger partial charge in [-0.15, -0.1) is 0 Å². The van der Waals surface area contributed by atoms with Crippen LogP contribution < -0.4 is 5.76 Å². The topological polar surface area (TPSA) is 58.9 Å². The van der Waals surface area contributed by atoms with Gasteiger partial charge in [0.15, 0.2) is 11.2 Å². The number of pyridine rings is 1. The minimum Gasteiger partial charge on any atom is -0.406 e. The Hall–Kier alpha value is -1.84. The van der Waals surface area contributed by atoms with Gasteiger partial charge in [-0.1, -0.05) is 6.58 Å². The first kappa shape index (κ1) is 7.79. The van der Waals surface area contributed by atoms with E-state index in [1.54, 1.807) is 12.3 Å². The Bertz CT molecular complexity index is 527. The normalized spacial score (nSPS) is 10.5. The van der Waals surface area contributed by atoms with Crippen molar-refractivity contribution in [3.05, 3.63) is 35.0 Å². The Labute approximate surface area is 75.4 Å². The maximum absolute atomic E-state index is 10.8. The fourth-order valence-corrected chi connectivity index (χ4v) is 1.07. The van der Waals surface area contributed by atoms with Crippen LogP contribution in [0.4, 0.5) is 0 Å². The lowest BCUT2D eigenvalue weighted by atomic mass is 10.1. The molecule has 1 N–H and O–H groups in total. The quantitative estimate of drug-likeness (QED) is 0.724. The van der Waals surface area contributed by atoms with Gasteiger partial charge in [-0.3, -0.25) is 4.98 Å². The van der Waals surface area contributed by atoms with Crippen LogP contribution in [-0.2, 0) is 0 Å². The Morgan fingerprint density at radius 2 is 2.54 bits per heavy atom. The Morgan fingerprint density at radius 1 is 1.77 bits per heavy atom. The number of oxazole rings is 1.